The van der Waals surface area contributed by atoms with Gasteiger partial charge in [-0.25, -0.2) is 9.97 Å². The first kappa shape index (κ1) is 17.9. The highest BCUT2D eigenvalue weighted by Gasteiger charge is 2.27. The zero-order valence-electron chi connectivity index (χ0n) is 15.6. The highest BCUT2D eigenvalue weighted by atomic mass is 16.2. The highest BCUT2D eigenvalue weighted by molar-refractivity contribution is 5.91. The van der Waals surface area contributed by atoms with Crippen molar-refractivity contribution >= 4 is 17.8 Å². The van der Waals surface area contributed by atoms with Crippen molar-refractivity contribution in [2.45, 2.75) is 51.4 Å². The van der Waals surface area contributed by atoms with Gasteiger partial charge in [0.05, 0.1) is 5.92 Å². The molecule has 8 heteroatoms. The summed E-state index contributed by atoms with van der Waals surface area (Å²) < 4.78 is 0. The average molecular weight is 369 g/mol. The maximum absolute atomic E-state index is 12.6. The molecule has 1 unspecified atom stereocenters. The van der Waals surface area contributed by atoms with E-state index in [1.54, 1.807) is 18.5 Å². The minimum atomic E-state index is -0.108. The number of aromatic amines is 1. The van der Waals surface area contributed by atoms with Gasteiger partial charge in [0.1, 0.15) is 5.82 Å². The second-order valence-corrected chi connectivity index (χ2v) is 7.62. The SMILES string of the molecule is O=C(Nc1n[nH]c(CCC2CCCC2)n1)C1CCCN(c2ncccn2)C1. The Kier molecular flexibility index (Phi) is 5.60. The predicted octanol–water partition coefficient (Wildman–Crippen LogP) is 2.57. The Hall–Kier alpha value is -2.51. The summed E-state index contributed by atoms with van der Waals surface area (Å²) in [5, 5.41) is 10.0. The summed E-state index contributed by atoms with van der Waals surface area (Å²) in [4.78, 5) is 27.7. The minimum Gasteiger partial charge on any atom is -0.340 e. The van der Waals surface area contributed by atoms with E-state index in [0.717, 1.165) is 44.0 Å². The third kappa shape index (κ3) is 4.61. The Morgan fingerprint density at radius 3 is 2.81 bits per heavy atom. The van der Waals surface area contributed by atoms with Crippen molar-refractivity contribution < 1.29 is 4.79 Å². The Bertz CT molecular complexity index is 742. The summed E-state index contributed by atoms with van der Waals surface area (Å²) in [6.45, 7) is 1.49. The second-order valence-electron chi connectivity index (χ2n) is 7.62. The fraction of sp³-hybridized carbons (Fsp3) is 0.632. The first-order valence-electron chi connectivity index (χ1n) is 10.0. The molecule has 27 heavy (non-hydrogen) atoms. The van der Waals surface area contributed by atoms with Crippen LogP contribution >= 0.6 is 0 Å². The molecule has 2 aromatic rings. The lowest BCUT2D eigenvalue weighted by Gasteiger charge is -2.31. The normalized spacial score (nSPS) is 20.7. The maximum Gasteiger partial charge on any atom is 0.248 e. The van der Waals surface area contributed by atoms with E-state index in [9.17, 15) is 4.79 Å². The molecule has 0 aromatic carbocycles. The monoisotopic (exact) mass is 369 g/mol. The van der Waals surface area contributed by atoms with Crippen LogP contribution in [0.5, 0.6) is 0 Å². The van der Waals surface area contributed by atoms with Crippen LogP contribution in [-0.4, -0.2) is 44.1 Å². The molecular formula is C19H27N7O. The summed E-state index contributed by atoms with van der Waals surface area (Å²) in [5.41, 5.74) is 0. The van der Waals surface area contributed by atoms with Crippen molar-refractivity contribution in [1.82, 2.24) is 25.1 Å². The Morgan fingerprint density at radius 1 is 1.19 bits per heavy atom. The number of hydrogen-bond acceptors (Lipinski definition) is 6. The van der Waals surface area contributed by atoms with Gasteiger partial charge in [0, 0.05) is 31.9 Å². The van der Waals surface area contributed by atoms with Crippen LogP contribution < -0.4 is 10.2 Å². The van der Waals surface area contributed by atoms with Crippen LogP contribution in [0.2, 0.25) is 0 Å². The van der Waals surface area contributed by atoms with E-state index in [0.29, 0.717) is 18.4 Å². The zero-order valence-corrected chi connectivity index (χ0v) is 15.6. The summed E-state index contributed by atoms with van der Waals surface area (Å²) in [7, 11) is 0. The van der Waals surface area contributed by atoms with E-state index in [1.165, 1.54) is 25.7 Å². The first-order valence-corrected chi connectivity index (χ1v) is 10.0. The number of carbonyl (C=O) groups excluding carboxylic acids is 1. The van der Waals surface area contributed by atoms with Gasteiger partial charge in [0.2, 0.25) is 17.8 Å². The topological polar surface area (TPSA) is 99.7 Å². The van der Waals surface area contributed by atoms with Crippen LogP contribution in [0.15, 0.2) is 18.5 Å². The Morgan fingerprint density at radius 2 is 2.00 bits per heavy atom. The largest absolute Gasteiger partial charge is 0.340 e. The molecule has 3 heterocycles. The summed E-state index contributed by atoms with van der Waals surface area (Å²) in [5.74, 6) is 2.61. The molecule has 0 radical (unpaired) electrons. The number of anilines is 2. The van der Waals surface area contributed by atoms with E-state index in [4.69, 9.17) is 0 Å². The second kappa shape index (κ2) is 8.45. The molecule has 2 aliphatic rings. The lowest BCUT2D eigenvalue weighted by atomic mass is 9.97. The van der Waals surface area contributed by atoms with Crippen molar-refractivity contribution in [3.05, 3.63) is 24.3 Å². The Labute approximate surface area is 159 Å². The zero-order chi connectivity index (χ0) is 18.5. The van der Waals surface area contributed by atoms with Crippen molar-refractivity contribution in [3.63, 3.8) is 0 Å². The molecule has 8 nitrogen and oxygen atoms in total. The number of hydrogen-bond donors (Lipinski definition) is 2. The van der Waals surface area contributed by atoms with Crippen molar-refractivity contribution in [2.24, 2.45) is 11.8 Å². The molecule has 1 aliphatic carbocycles. The molecule has 144 valence electrons. The summed E-state index contributed by atoms with van der Waals surface area (Å²) in [6.07, 6.45) is 12.7. The number of carbonyl (C=O) groups is 1. The van der Waals surface area contributed by atoms with Gasteiger partial charge in [0.25, 0.3) is 0 Å². The number of piperidine rings is 1. The molecule has 4 rings (SSSR count). The number of amides is 1. The van der Waals surface area contributed by atoms with Gasteiger partial charge in [-0.2, -0.15) is 4.98 Å². The van der Waals surface area contributed by atoms with Gasteiger partial charge in [0.15, 0.2) is 0 Å². The molecule has 0 bridgehead atoms. The molecule has 1 saturated carbocycles. The first-order chi connectivity index (χ1) is 13.3. The number of rotatable bonds is 6. The van der Waals surface area contributed by atoms with Crippen LogP contribution in [-0.2, 0) is 11.2 Å². The fourth-order valence-corrected chi connectivity index (χ4v) is 4.14. The number of nitrogens with one attached hydrogen (secondary N) is 2. The number of nitrogens with zero attached hydrogens (tertiary/aromatic N) is 5. The third-order valence-corrected chi connectivity index (χ3v) is 5.66. The number of aromatic nitrogens is 5. The number of H-pyrrole nitrogens is 1. The van der Waals surface area contributed by atoms with E-state index < -0.39 is 0 Å². The van der Waals surface area contributed by atoms with E-state index in [1.807, 2.05) is 0 Å². The Balaban J connectivity index is 1.29. The van der Waals surface area contributed by atoms with Crippen LogP contribution in [0.4, 0.5) is 11.9 Å². The average Bonchev–Trinajstić information content (AvgIpc) is 3.39. The summed E-state index contributed by atoms with van der Waals surface area (Å²) >= 11 is 0. The van der Waals surface area contributed by atoms with E-state index in [-0.39, 0.29) is 11.8 Å². The quantitative estimate of drug-likeness (QED) is 0.812. The van der Waals surface area contributed by atoms with Gasteiger partial charge < -0.3 is 4.90 Å². The third-order valence-electron chi connectivity index (χ3n) is 5.66. The van der Waals surface area contributed by atoms with Gasteiger partial charge in [-0.15, -0.1) is 5.10 Å². The maximum atomic E-state index is 12.6. The van der Waals surface area contributed by atoms with Gasteiger partial charge in [-0.1, -0.05) is 25.7 Å². The molecule has 0 spiro atoms. The molecule has 1 atom stereocenters. The van der Waals surface area contributed by atoms with Crippen LogP contribution in [0, 0.1) is 11.8 Å². The lowest BCUT2D eigenvalue weighted by molar-refractivity contribution is -0.120. The van der Waals surface area contributed by atoms with E-state index >= 15 is 0 Å². The van der Waals surface area contributed by atoms with Gasteiger partial charge >= 0.3 is 0 Å². The molecular weight excluding hydrogens is 342 g/mol. The van der Waals surface area contributed by atoms with Gasteiger partial charge in [-0.05, 0) is 31.2 Å². The number of aryl methyl sites for hydroxylation is 1. The lowest BCUT2D eigenvalue weighted by Crippen LogP contribution is -2.41. The highest BCUT2D eigenvalue weighted by Crippen LogP contribution is 2.28. The van der Waals surface area contributed by atoms with Crippen LogP contribution in [0.25, 0.3) is 0 Å². The molecule has 1 saturated heterocycles. The fourth-order valence-electron chi connectivity index (χ4n) is 4.14. The smallest absolute Gasteiger partial charge is 0.248 e. The molecule has 2 fully saturated rings. The minimum absolute atomic E-state index is 0.0306. The van der Waals surface area contributed by atoms with Crippen molar-refractivity contribution in [2.75, 3.05) is 23.3 Å². The van der Waals surface area contributed by atoms with Crippen molar-refractivity contribution in [3.8, 4) is 0 Å². The molecule has 2 N–H and O–H groups in total. The summed E-state index contributed by atoms with van der Waals surface area (Å²) in [6, 6.07) is 1.80. The predicted molar refractivity (Wildman–Crippen MR) is 102 cm³/mol. The molecule has 1 aliphatic heterocycles. The molecule has 2 aromatic heterocycles. The van der Waals surface area contributed by atoms with Gasteiger partial charge in [-0.3, -0.25) is 15.2 Å². The van der Waals surface area contributed by atoms with Crippen LogP contribution in [0.1, 0.15) is 50.8 Å². The van der Waals surface area contributed by atoms with Crippen LogP contribution in [0.3, 0.4) is 0 Å². The standard InChI is InChI=1S/C19H27N7O/c27-17(15-7-3-12-26(13-15)19-20-10-4-11-21-19)23-18-22-16(24-25-18)9-8-14-5-1-2-6-14/h4,10-11,14-15H,1-3,5-9,12-13H2,(H2,22,23,24,25,27). The molecule has 1 amide bonds. The van der Waals surface area contributed by atoms with E-state index in [2.05, 4.69) is 35.4 Å². The van der Waals surface area contributed by atoms with Crippen molar-refractivity contribution in [1.29, 1.82) is 0 Å².